The Morgan fingerprint density at radius 1 is 0.763 bits per heavy atom. The SMILES string of the molecule is COc1cc(O)c2c(c1)OC(c1cc(OC)c(OC)c(OC)c1)C(OC(=O)c1cc(O)c(OC)c(O)c1)C2. The molecule has 0 saturated carbocycles. The van der Waals surface area contributed by atoms with Crippen LogP contribution in [0.1, 0.15) is 27.6 Å². The molecule has 0 amide bonds. The summed E-state index contributed by atoms with van der Waals surface area (Å²) in [6.07, 6.45) is -1.76. The Bertz CT molecular complexity index is 1300. The van der Waals surface area contributed by atoms with E-state index in [1.165, 1.54) is 41.6 Å². The number of phenolic OH excluding ortho intramolecular Hbond substituents is 3. The maximum absolute atomic E-state index is 13.1. The molecule has 0 radical (unpaired) electrons. The molecule has 0 aliphatic carbocycles. The van der Waals surface area contributed by atoms with E-state index in [1.807, 2.05) is 0 Å². The first-order chi connectivity index (χ1) is 18.2. The van der Waals surface area contributed by atoms with Crippen LogP contribution in [0.3, 0.4) is 0 Å². The van der Waals surface area contributed by atoms with Gasteiger partial charge in [-0.2, -0.15) is 0 Å². The second kappa shape index (κ2) is 10.8. The standard InChI is InChI=1S/C27H28O11/c1-32-15-10-17(28)16-12-23(38-27(31)14-6-18(29)25(35-4)19(30)7-14)24(37-20(16)11-15)13-8-21(33-2)26(36-5)22(9-13)34-3/h6-11,23-24,28-30H,12H2,1-5H3. The molecule has 1 aliphatic heterocycles. The number of esters is 1. The molecule has 2 unspecified atom stereocenters. The Hall–Kier alpha value is -4.67. The minimum atomic E-state index is -0.955. The highest BCUT2D eigenvalue weighted by Gasteiger charge is 2.37. The van der Waals surface area contributed by atoms with E-state index in [4.69, 9.17) is 33.2 Å². The average molecular weight is 529 g/mol. The molecule has 1 heterocycles. The molecule has 4 rings (SSSR count). The van der Waals surface area contributed by atoms with Crippen LogP contribution in [0.2, 0.25) is 0 Å². The van der Waals surface area contributed by atoms with Crippen molar-refractivity contribution in [3.8, 4) is 51.7 Å². The van der Waals surface area contributed by atoms with Gasteiger partial charge in [0, 0.05) is 29.7 Å². The highest BCUT2D eigenvalue weighted by molar-refractivity contribution is 5.91. The average Bonchev–Trinajstić information content (AvgIpc) is 2.91. The van der Waals surface area contributed by atoms with E-state index < -0.39 is 29.7 Å². The first-order valence-corrected chi connectivity index (χ1v) is 11.4. The number of fused-ring (bicyclic) bond motifs is 1. The Kier molecular flexibility index (Phi) is 7.47. The lowest BCUT2D eigenvalue weighted by Crippen LogP contribution is -2.35. The number of hydrogen-bond donors (Lipinski definition) is 3. The number of carbonyl (C=O) groups is 1. The molecule has 3 N–H and O–H groups in total. The number of rotatable bonds is 8. The van der Waals surface area contributed by atoms with E-state index in [0.717, 1.165) is 12.1 Å². The van der Waals surface area contributed by atoms with Gasteiger partial charge in [-0.05, 0) is 24.3 Å². The fourth-order valence-electron chi connectivity index (χ4n) is 4.34. The minimum absolute atomic E-state index is 0.0757. The van der Waals surface area contributed by atoms with Gasteiger partial charge in [-0.3, -0.25) is 0 Å². The number of phenols is 3. The van der Waals surface area contributed by atoms with Crippen LogP contribution in [-0.4, -0.2) is 62.9 Å². The minimum Gasteiger partial charge on any atom is -0.507 e. The molecule has 202 valence electrons. The maximum atomic E-state index is 13.1. The summed E-state index contributed by atoms with van der Waals surface area (Å²) >= 11 is 0. The third-order valence-electron chi connectivity index (χ3n) is 6.16. The van der Waals surface area contributed by atoms with Gasteiger partial charge in [0.2, 0.25) is 11.5 Å². The lowest BCUT2D eigenvalue weighted by Gasteiger charge is -2.34. The topological polar surface area (TPSA) is 142 Å². The first-order valence-electron chi connectivity index (χ1n) is 11.4. The molecule has 38 heavy (non-hydrogen) atoms. The fourth-order valence-corrected chi connectivity index (χ4v) is 4.34. The molecule has 2 atom stereocenters. The van der Waals surface area contributed by atoms with Gasteiger partial charge in [-0.15, -0.1) is 0 Å². The molecule has 0 aromatic heterocycles. The Labute approximate surface area is 218 Å². The number of methoxy groups -OCH3 is 5. The monoisotopic (exact) mass is 528 g/mol. The van der Waals surface area contributed by atoms with Gasteiger partial charge in [0.15, 0.2) is 29.1 Å². The Balaban J connectivity index is 1.78. The van der Waals surface area contributed by atoms with Crippen molar-refractivity contribution in [2.75, 3.05) is 35.5 Å². The van der Waals surface area contributed by atoms with Crippen LogP contribution >= 0.6 is 0 Å². The molecule has 3 aromatic rings. The summed E-state index contributed by atoms with van der Waals surface area (Å²) in [6.45, 7) is 0. The molecular formula is C27H28O11. The van der Waals surface area contributed by atoms with Crippen LogP contribution in [0, 0.1) is 0 Å². The van der Waals surface area contributed by atoms with Gasteiger partial charge < -0.3 is 48.5 Å². The molecule has 0 saturated heterocycles. The van der Waals surface area contributed by atoms with E-state index in [1.54, 1.807) is 18.2 Å². The number of benzene rings is 3. The smallest absolute Gasteiger partial charge is 0.338 e. The zero-order valence-electron chi connectivity index (χ0n) is 21.4. The van der Waals surface area contributed by atoms with E-state index in [0.29, 0.717) is 39.9 Å². The highest BCUT2D eigenvalue weighted by atomic mass is 16.6. The van der Waals surface area contributed by atoms with Crippen LogP contribution in [0.4, 0.5) is 0 Å². The van der Waals surface area contributed by atoms with E-state index in [-0.39, 0.29) is 23.5 Å². The normalized spacial score (nSPS) is 16.0. The molecule has 1 aliphatic rings. The van der Waals surface area contributed by atoms with Crippen molar-refractivity contribution in [3.63, 3.8) is 0 Å². The van der Waals surface area contributed by atoms with Gasteiger partial charge in [0.1, 0.15) is 23.4 Å². The first kappa shape index (κ1) is 26.4. The quantitative estimate of drug-likeness (QED) is 0.368. The second-order valence-corrected chi connectivity index (χ2v) is 8.32. The summed E-state index contributed by atoms with van der Waals surface area (Å²) in [5.41, 5.74) is 0.826. The van der Waals surface area contributed by atoms with E-state index in [9.17, 15) is 20.1 Å². The molecule has 0 spiro atoms. The molecule has 0 bridgehead atoms. The van der Waals surface area contributed by atoms with Crippen molar-refractivity contribution < 1.29 is 53.3 Å². The zero-order valence-corrected chi connectivity index (χ0v) is 21.4. The van der Waals surface area contributed by atoms with Crippen molar-refractivity contribution in [2.45, 2.75) is 18.6 Å². The summed E-state index contributed by atoms with van der Waals surface area (Å²) in [5.74, 6) is -0.176. The predicted octanol–water partition coefficient (Wildman–Crippen LogP) is 3.75. The molecular weight excluding hydrogens is 500 g/mol. The molecule has 11 nitrogen and oxygen atoms in total. The van der Waals surface area contributed by atoms with Crippen LogP contribution < -0.4 is 28.4 Å². The van der Waals surface area contributed by atoms with E-state index >= 15 is 0 Å². The van der Waals surface area contributed by atoms with Gasteiger partial charge >= 0.3 is 5.97 Å². The van der Waals surface area contributed by atoms with Crippen molar-refractivity contribution in [3.05, 3.63) is 53.1 Å². The van der Waals surface area contributed by atoms with Gasteiger partial charge in [-0.1, -0.05) is 0 Å². The van der Waals surface area contributed by atoms with Crippen LogP contribution in [-0.2, 0) is 11.2 Å². The summed E-state index contributed by atoms with van der Waals surface area (Å²) in [7, 11) is 7.16. The highest BCUT2D eigenvalue weighted by Crippen LogP contribution is 2.47. The number of hydrogen-bond acceptors (Lipinski definition) is 11. The largest absolute Gasteiger partial charge is 0.507 e. The lowest BCUT2D eigenvalue weighted by atomic mass is 9.93. The summed E-state index contributed by atoms with van der Waals surface area (Å²) < 4.78 is 38.6. The molecule has 3 aromatic carbocycles. The number of ether oxygens (including phenoxy) is 7. The fraction of sp³-hybridized carbons (Fsp3) is 0.296. The lowest BCUT2D eigenvalue weighted by molar-refractivity contribution is -0.0189. The van der Waals surface area contributed by atoms with E-state index in [2.05, 4.69) is 0 Å². The van der Waals surface area contributed by atoms with Crippen molar-refractivity contribution in [1.82, 2.24) is 0 Å². The molecule has 11 heteroatoms. The second-order valence-electron chi connectivity index (χ2n) is 8.32. The van der Waals surface area contributed by atoms with Crippen LogP contribution in [0.15, 0.2) is 36.4 Å². The zero-order chi connectivity index (χ0) is 27.6. The van der Waals surface area contributed by atoms with Gasteiger partial charge in [0.25, 0.3) is 0 Å². The van der Waals surface area contributed by atoms with Crippen molar-refractivity contribution in [1.29, 1.82) is 0 Å². The summed E-state index contributed by atoms with van der Waals surface area (Å²) in [6, 6.07) is 8.63. The van der Waals surface area contributed by atoms with Gasteiger partial charge in [-0.25, -0.2) is 4.79 Å². The number of aromatic hydroxyl groups is 3. The van der Waals surface area contributed by atoms with Crippen molar-refractivity contribution in [2.24, 2.45) is 0 Å². The Morgan fingerprint density at radius 2 is 1.37 bits per heavy atom. The summed E-state index contributed by atoms with van der Waals surface area (Å²) in [4.78, 5) is 13.1. The molecule has 0 fully saturated rings. The number of carbonyl (C=O) groups excluding carboxylic acids is 1. The third kappa shape index (κ3) is 4.82. The summed E-state index contributed by atoms with van der Waals surface area (Å²) in [5, 5.41) is 30.9. The van der Waals surface area contributed by atoms with Crippen LogP contribution in [0.25, 0.3) is 0 Å². The van der Waals surface area contributed by atoms with Gasteiger partial charge in [0.05, 0.1) is 41.1 Å². The third-order valence-corrected chi connectivity index (χ3v) is 6.16. The van der Waals surface area contributed by atoms with Crippen molar-refractivity contribution >= 4 is 5.97 Å². The predicted molar refractivity (Wildman–Crippen MR) is 133 cm³/mol. The van der Waals surface area contributed by atoms with Crippen LogP contribution in [0.5, 0.6) is 51.7 Å². The maximum Gasteiger partial charge on any atom is 0.338 e. The Morgan fingerprint density at radius 3 is 1.89 bits per heavy atom.